The molecule has 0 saturated carbocycles. The Hall–Kier alpha value is -3.33. The Balaban J connectivity index is 1.23. The Morgan fingerprint density at radius 1 is 1.23 bits per heavy atom. The molecule has 4 aromatic heterocycles. The van der Waals surface area contributed by atoms with Crippen LogP contribution in [0.4, 0.5) is 5.82 Å². The average Bonchev–Trinajstić information content (AvgIpc) is 3.38. The molecule has 0 bridgehead atoms. The summed E-state index contributed by atoms with van der Waals surface area (Å²) >= 11 is 1.63. The van der Waals surface area contributed by atoms with Gasteiger partial charge in [0.05, 0.1) is 18.3 Å². The van der Waals surface area contributed by atoms with E-state index < -0.39 is 0 Å². The van der Waals surface area contributed by atoms with Crippen LogP contribution in [-0.4, -0.2) is 30.2 Å². The third kappa shape index (κ3) is 4.13. The Labute approximate surface area is 182 Å². The molecule has 4 heterocycles. The second-order valence-electron chi connectivity index (χ2n) is 7.69. The van der Waals surface area contributed by atoms with Crippen molar-refractivity contribution in [3.05, 3.63) is 69.5 Å². The Morgan fingerprint density at radius 3 is 3.00 bits per heavy atom. The zero-order valence-electron chi connectivity index (χ0n) is 17.0. The van der Waals surface area contributed by atoms with Crippen molar-refractivity contribution in [3.8, 4) is 0 Å². The number of fused-ring (bicyclic) bond motifs is 3. The molecular formula is C22H22N6O2S. The number of nitrogens with one attached hydrogen (secondary N) is 1. The van der Waals surface area contributed by atoms with E-state index in [0.717, 1.165) is 35.0 Å². The molecule has 1 N–H and O–H groups in total. The molecule has 0 fully saturated rings. The summed E-state index contributed by atoms with van der Waals surface area (Å²) < 4.78 is 3.29. The van der Waals surface area contributed by atoms with Gasteiger partial charge in [-0.15, -0.1) is 11.3 Å². The van der Waals surface area contributed by atoms with Crippen LogP contribution in [0.5, 0.6) is 0 Å². The molecule has 0 atom stereocenters. The van der Waals surface area contributed by atoms with Gasteiger partial charge in [0.25, 0.3) is 5.56 Å². The molecule has 0 aromatic carbocycles. The van der Waals surface area contributed by atoms with Crippen molar-refractivity contribution < 1.29 is 4.79 Å². The molecule has 1 aliphatic carbocycles. The minimum atomic E-state index is -0.189. The van der Waals surface area contributed by atoms with Crippen molar-refractivity contribution in [3.63, 3.8) is 0 Å². The van der Waals surface area contributed by atoms with E-state index in [9.17, 15) is 9.59 Å². The van der Waals surface area contributed by atoms with Gasteiger partial charge in [0, 0.05) is 42.5 Å². The predicted octanol–water partition coefficient (Wildman–Crippen LogP) is 3.01. The molecule has 158 valence electrons. The number of carbonyl (C=O) groups is 1. The lowest BCUT2D eigenvalue weighted by molar-refractivity contribution is -0.116. The van der Waals surface area contributed by atoms with Crippen LogP contribution in [0.3, 0.4) is 0 Å². The molecule has 0 saturated heterocycles. The fourth-order valence-electron chi connectivity index (χ4n) is 3.96. The first-order valence-corrected chi connectivity index (χ1v) is 11.2. The number of amides is 1. The van der Waals surface area contributed by atoms with E-state index >= 15 is 0 Å². The minimum absolute atomic E-state index is 0.0436. The van der Waals surface area contributed by atoms with E-state index in [0.29, 0.717) is 12.4 Å². The summed E-state index contributed by atoms with van der Waals surface area (Å²) in [6.07, 6.45) is 11.3. The first kappa shape index (κ1) is 19.6. The van der Waals surface area contributed by atoms with Gasteiger partial charge in [-0.1, -0.05) is 6.07 Å². The number of anilines is 1. The molecular weight excluding hydrogens is 412 g/mol. The number of aryl methyl sites for hydroxylation is 3. The Bertz CT molecular complexity index is 1290. The van der Waals surface area contributed by atoms with Crippen molar-refractivity contribution >= 4 is 33.3 Å². The number of hydrogen-bond donors (Lipinski definition) is 1. The van der Waals surface area contributed by atoms with E-state index in [1.165, 1.54) is 16.9 Å². The summed E-state index contributed by atoms with van der Waals surface area (Å²) in [7, 11) is 0. The van der Waals surface area contributed by atoms with Crippen molar-refractivity contribution in [1.82, 2.24) is 24.3 Å². The van der Waals surface area contributed by atoms with Gasteiger partial charge in [0.1, 0.15) is 4.83 Å². The second kappa shape index (κ2) is 8.43. The molecule has 4 aromatic rings. The van der Waals surface area contributed by atoms with Gasteiger partial charge in [-0.25, -0.2) is 4.98 Å². The fourth-order valence-corrected chi connectivity index (χ4v) is 5.18. The van der Waals surface area contributed by atoms with Crippen LogP contribution >= 0.6 is 11.3 Å². The van der Waals surface area contributed by atoms with E-state index in [1.54, 1.807) is 45.4 Å². The summed E-state index contributed by atoms with van der Waals surface area (Å²) in [5.74, 6) is 0.299. The maximum Gasteiger partial charge on any atom is 0.262 e. The highest BCUT2D eigenvalue weighted by Crippen LogP contribution is 2.33. The first-order valence-electron chi connectivity index (χ1n) is 10.4. The van der Waals surface area contributed by atoms with Gasteiger partial charge < -0.3 is 5.32 Å². The predicted molar refractivity (Wildman–Crippen MR) is 119 cm³/mol. The first-order chi connectivity index (χ1) is 15.2. The van der Waals surface area contributed by atoms with E-state index in [4.69, 9.17) is 0 Å². The molecule has 1 amide bonds. The number of aromatic nitrogens is 5. The maximum absolute atomic E-state index is 13.0. The minimum Gasteiger partial charge on any atom is -0.309 e. The van der Waals surface area contributed by atoms with E-state index in [-0.39, 0.29) is 24.4 Å². The smallest absolute Gasteiger partial charge is 0.262 e. The van der Waals surface area contributed by atoms with Crippen LogP contribution in [0.2, 0.25) is 0 Å². The standard InChI is InChI=1S/C22H22N6O2S/c29-19(25-18-7-11-28(26-18)13-15-4-3-9-23-12-15)8-10-27-14-24-21-20(22(27)30)16-5-1-2-6-17(16)31-21/h3-4,7,9,11-12,14H,1-2,5-6,8,10,13H2,(H,25,26,29). The third-order valence-electron chi connectivity index (χ3n) is 5.50. The molecule has 0 aliphatic heterocycles. The molecule has 5 rings (SSSR count). The maximum atomic E-state index is 13.0. The normalized spacial score (nSPS) is 13.3. The van der Waals surface area contributed by atoms with Crippen LogP contribution in [0.1, 0.15) is 35.3 Å². The van der Waals surface area contributed by atoms with E-state index in [1.807, 2.05) is 18.3 Å². The van der Waals surface area contributed by atoms with Crippen LogP contribution in [0.15, 0.2) is 47.9 Å². The van der Waals surface area contributed by atoms with Crippen LogP contribution in [0.25, 0.3) is 10.2 Å². The number of hydrogen-bond acceptors (Lipinski definition) is 6. The number of rotatable bonds is 6. The number of thiophene rings is 1. The molecule has 0 unspecified atom stereocenters. The SMILES string of the molecule is O=C(CCn1cnc2sc3c(c2c1=O)CCCC3)Nc1ccn(Cc2cccnc2)n1. The van der Waals surface area contributed by atoms with Crippen molar-refractivity contribution in [2.45, 2.75) is 45.2 Å². The zero-order chi connectivity index (χ0) is 21.2. The van der Waals surface area contributed by atoms with Gasteiger partial charge in [-0.3, -0.25) is 23.8 Å². The third-order valence-corrected chi connectivity index (χ3v) is 6.70. The van der Waals surface area contributed by atoms with Crippen molar-refractivity contribution in [2.75, 3.05) is 5.32 Å². The van der Waals surface area contributed by atoms with Crippen molar-refractivity contribution in [2.24, 2.45) is 0 Å². The highest BCUT2D eigenvalue weighted by Gasteiger charge is 2.20. The summed E-state index contributed by atoms with van der Waals surface area (Å²) in [6, 6.07) is 5.60. The van der Waals surface area contributed by atoms with Crippen molar-refractivity contribution in [1.29, 1.82) is 0 Å². The second-order valence-corrected chi connectivity index (χ2v) is 8.78. The van der Waals surface area contributed by atoms with Gasteiger partial charge in [-0.05, 0) is 42.9 Å². The lowest BCUT2D eigenvalue weighted by atomic mass is 9.97. The van der Waals surface area contributed by atoms with Gasteiger partial charge in [0.15, 0.2) is 5.82 Å². The summed E-state index contributed by atoms with van der Waals surface area (Å²) in [5.41, 5.74) is 2.15. The van der Waals surface area contributed by atoms with Gasteiger partial charge >= 0.3 is 0 Å². The fraction of sp³-hybridized carbons (Fsp3) is 0.318. The number of pyridine rings is 1. The molecule has 0 radical (unpaired) electrons. The molecule has 8 nitrogen and oxygen atoms in total. The quantitative estimate of drug-likeness (QED) is 0.503. The highest BCUT2D eigenvalue weighted by atomic mass is 32.1. The summed E-state index contributed by atoms with van der Waals surface area (Å²) in [5, 5.41) is 7.92. The summed E-state index contributed by atoms with van der Waals surface area (Å²) in [4.78, 5) is 36.1. The van der Waals surface area contributed by atoms with E-state index in [2.05, 4.69) is 20.4 Å². The monoisotopic (exact) mass is 434 g/mol. The molecule has 0 spiro atoms. The molecule has 9 heteroatoms. The van der Waals surface area contributed by atoms with Crippen LogP contribution in [0, 0.1) is 0 Å². The highest BCUT2D eigenvalue weighted by molar-refractivity contribution is 7.18. The largest absolute Gasteiger partial charge is 0.309 e. The molecule has 1 aliphatic rings. The van der Waals surface area contributed by atoms with Gasteiger partial charge in [0.2, 0.25) is 5.91 Å². The zero-order valence-corrected chi connectivity index (χ0v) is 17.8. The summed E-state index contributed by atoms with van der Waals surface area (Å²) in [6.45, 7) is 0.865. The van der Waals surface area contributed by atoms with Crippen LogP contribution in [-0.2, 0) is 30.7 Å². The Kier molecular flexibility index (Phi) is 5.33. The van der Waals surface area contributed by atoms with Gasteiger partial charge in [-0.2, -0.15) is 5.10 Å². The lowest BCUT2D eigenvalue weighted by Crippen LogP contribution is -2.24. The number of nitrogens with zero attached hydrogens (tertiary/aromatic N) is 5. The Morgan fingerprint density at radius 2 is 2.13 bits per heavy atom. The molecule has 31 heavy (non-hydrogen) atoms. The average molecular weight is 435 g/mol. The van der Waals surface area contributed by atoms with Crippen LogP contribution < -0.4 is 10.9 Å². The topological polar surface area (TPSA) is 94.7 Å². The lowest BCUT2D eigenvalue weighted by Gasteiger charge is -2.10. The number of carbonyl (C=O) groups excluding carboxylic acids is 1.